The molecule has 0 unspecified atom stereocenters. The van der Waals surface area contributed by atoms with Crippen LogP contribution in [0.15, 0.2) is 54.6 Å². The van der Waals surface area contributed by atoms with Gasteiger partial charge in [-0.3, -0.25) is 9.48 Å². The molecule has 146 valence electrons. The quantitative estimate of drug-likeness (QED) is 0.489. The Bertz CT molecular complexity index is 961. The van der Waals surface area contributed by atoms with Gasteiger partial charge in [-0.15, -0.1) is 0 Å². The summed E-state index contributed by atoms with van der Waals surface area (Å²) in [7, 11) is 0. The third kappa shape index (κ3) is 5.02. The van der Waals surface area contributed by atoms with Crippen LogP contribution in [-0.2, 0) is 22.7 Å². The molecule has 4 nitrogen and oxygen atoms in total. The summed E-state index contributed by atoms with van der Waals surface area (Å²) >= 11 is 12.0. The third-order valence-corrected chi connectivity index (χ3v) is 5.15. The first-order valence-corrected chi connectivity index (χ1v) is 9.72. The Hall–Kier alpha value is -2.14. The molecule has 0 aliphatic rings. The summed E-state index contributed by atoms with van der Waals surface area (Å²) in [4.78, 5) is 11.7. The second-order valence-electron chi connectivity index (χ2n) is 7.17. The first-order valence-electron chi connectivity index (χ1n) is 8.97. The largest absolute Gasteiger partial charge is 0.361 e. The van der Waals surface area contributed by atoms with Crippen LogP contribution in [0.2, 0.25) is 10.0 Å². The summed E-state index contributed by atoms with van der Waals surface area (Å²) in [5.74, 6) is -0.0222. The third-order valence-electron chi connectivity index (χ3n) is 4.64. The van der Waals surface area contributed by atoms with Crippen LogP contribution in [0.4, 0.5) is 0 Å². The SMILES string of the molecule is CC(=O)C(C)(C)OCc1cc(-c2ccc(Cl)cc2)n(Cc2ccc(Cl)cc2)n1. The van der Waals surface area contributed by atoms with Crippen molar-refractivity contribution in [2.24, 2.45) is 0 Å². The zero-order chi connectivity index (χ0) is 20.3. The lowest BCUT2D eigenvalue weighted by Gasteiger charge is -2.21. The summed E-state index contributed by atoms with van der Waals surface area (Å²) in [6.45, 7) is 5.89. The van der Waals surface area contributed by atoms with E-state index in [2.05, 4.69) is 0 Å². The molecule has 0 atom stereocenters. The average molecular weight is 417 g/mol. The van der Waals surface area contributed by atoms with Crippen molar-refractivity contribution in [2.45, 2.75) is 39.5 Å². The van der Waals surface area contributed by atoms with Crippen LogP contribution in [0.5, 0.6) is 0 Å². The number of nitrogens with zero attached hydrogens (tertiary/aromatic N) is 2. The van der Waals surface area contributed by atoms with Gasteiger partial charge in [-0.05, 0) is 62.2 Å². The number of halogens is 2. The molecule has 28 heavy (non-hydrogen) atoms. The number of Topliss-reactive ketones (excluding diaryl/α,β-unsaturated/α-hetero) is 1. The van der Waals surface area contributed by atoms with Crippen molar-refractivity contribution >= 4 is 29.0 Å². The highest BCUT2D eigenvalue weighted by molar-refractivity contribution is 6.30. The van der Waals surface area contributed by atoms with E-state index in [4.69, 9.17) is 33.0 Å². The van der Waals surface area contributed by atoms with Crippen LogP contribution >= 0.6 is 23.2 Å². The fourth-order valence-corrected chi connectivity index (χ4v) is 2.88. The van der Waals surface area contributed by atoms with Crippen molar-refractivity contribution in [1.82, 2.24) is 9.78 Å². The maximum Gasteiger partial charge on any atom is 0.161 e. The van der Waals surface area contributed by atoms with Gasteiger partial charge in [0.1, 0.15) is 5.60 Å². The number of ketones is 1. The lowest BCUT2D eigenvalue weighted by atomic mass is 10.1. The summed E-state index contributed by atoms with van der Waals surface area (Å²) in [6.07, 6.45) is 0. The van der Waals surface area contributed by atoms with E-state index in [-0.39, 0.29) is 12.4 Å². The molecule has 0 spiro atoms. The van der Waals surface area contributed by atoms with Gasteiger partial charge in [0.05, 0.1) is 24.5 Å². The molecule has 0 amide bonds. The fourth-order valence-electron chi connectivity index (χ4n) is 2.63. The van der Waals surface area contributed by atoms with E-state index in [1.165, 1.54) is 6.92 Å². The number of hydrogen-bond donors (Lipinski definition) is 0. The second kappa shape index (κ2) is 8.48. The summed E-state index contributed by atoms with van der Waals surface area (Å²) in [6, 6.07) is 17.3. The van der Waals surface area contributed by atoms with Crippen molar-refractivity contribution in [2.75, 3.05) is 0 Å². The fraction of sp³-hybridized carbons (Fsp3) is 0.273. The smallest absolute Gasteiger partial charge is 0.161 e. The number of ether oxygens (including phenoxy) is 1. The lowest BCUT2D eigenvalue weighted by Crippen LogP contribution is -2.32. The first kappa shape index (κ1) is 20.6. The molecule has 2 aromatic carbocycles. The zero-order valence-corrected chi connectivity index (χ0v) is 17.6. The highest BCUT2D eigenvalue weighted by Gasteiger charge is 2.25. The molecule has 0 bridgehead atoms. The molecule has 0 aliphatic carbocycles. The Morgan fingerprint density at radius 1 is 1.04 bits per heavy atom. The minimum absolute atomic E-state index is 0.0222. The van der Waals surface area contributed by atoms with Crippen LogP contribution in [0, 0.1) is 0 Å². The minimum Gasteiger partial charge on any atom is -0.361 e. The van der Waals surface area contributed by atoms with E-state index in [0.717, 1.165) is 22.5 Å². The van der Waals surface area contributed by atoms with Crippen LogP contribution < -0.4 is 0 Å². The molecule has 0 saturated heterocycles. The highest BCUT2D eigenvalue weighted by Crippen LogP contribution is 2.25. The predicted molar refractivity (Wildman–Crippen MR) is 113 cm³/mol. The Kier molecular flexibility index (Phi) is 6.23. The van der Waals surface area contributed by atoms with Gasteiger partial charge in [-0.25, -0.2) is 0 Å². The minimum atomic E-state index is -0.847. The standard InChI is InChI=1S/C22H22Cl2N2O2/c1-15(27)22(2,3)28-14-20-12-21(17-6-10-19(24)11-7-17)26(25-20)13-16-4-8-18(23)9-5-16/h4-12H,13-14H2,1-3H3. The molecule has 0 radical (unpaired) electrons. The number of carbonyl (C=O) groups excluding carboxylic acids is 1. The van der Waals surface area contributed by atoms with Crippen LogP contribution in [0.3, 0.4) is 0 Å². The molecule has 3 rings (SSSR count). The Morgan fingerprint density at radius 3 is 2.18 bits per heavy atom. The maximum absolute atomic E-state index is 11.7. The van der Waals surface area contributed by atoms with E-state index in [1.54, 1.807) is 13.8 Å². The van der Waals surface area contributed by atoms with E-state index in [1.807, 2.05) is 59.3 Å². The molecule has 3 aromatic rings. The molecule has 0 saturated carbocycles. The van der Waals surface area contributed by atoms with Gasteiger partial charge in [0.25, 0.3) is 0 Å². The van der Waals surface area contributed by atoms with Gasteiger partial charge < -0.3 is 4.74 Å². The van der Waals surface area contributed by atoms with Crippen LogP contribution in [-0.4, -0.2) is 21.2 Å². The zero-order valence-electron chi connectivity index (χ0n) is 16.1. The van der Waals surface area contributed by atoms with E-state index in [0.29, 0.717) is 16.6 Å². The molecule has 0 aliphatic heterocycles. The van der Waals surface area contributed by atoms with Crippen molar-refractivity contribution in [3.8, 4) is 11.3 Å². The number of rotatable bonds is 7. The Labute approximate surface area is 175 Å². The van der Waals surface area contributed by atoms with Crippen molar-refractivity contribution in [1.29, 1.82) is 0 Å². The van der Waals surface area contributed by atoms with E-state index >= 15 is 0 Å². The molecule has 0 fully saturated rings. The van der Waals surface area contributed by atoms with Crippen molar-refractivity contribution in [3.63, 3.8) is 0 Å². The number of benzene rings is 2. The molecule has 6 heteroatoms. The van der Waals surface area contributed by atoms with Crippen molar-refractivity contribution in [3.05, 3.63) is 75.9 Å². The maximum atomic E-state index is 11.7. The van der Waals surface area contributed by atoms with Gasteiger partial charge in [0.15, 0.2) is 5.78 Å². The molecule has 0 N–H and O–H groups in total. The average Bonchev–Trinajstić information content (AvgIpc) is 3.05. The van der Waals surface area contributed by atoms with E-state index < -0.39 is 5.60 Å². The van der Waals surface area contributed by atoms with Crippen LogP contribution in [0.1, 0.15) is 32.0 Å². The first-order chi connectivity index (χ1) is 13.2. The Balaban J connectivity index is 1.91. The monoisotopic (exact) mass is 416 g/mol. The summed E-state index contributed by atoms with van der Waals surface area (Å²) < 4.78 is 7.72. The lowest BCUT2D eigenvalue weighted by molar-refractivity contribution is -0.139. The second-order valence-corrected chi connectivity index (χ2v) is 8.04. The summed E-state index contributed by atoms with van der Waals surface area (Å²) in [5, 5.41) is 6.08. The molecule has 1 heterocycles. The van der Waals surface area contributed by atoms with Gasteiger partial charge in [-0.2, -0.15) is 5.10 Å². The number of hydrogen-bond acceptors (Lipinski definition) is 3. The van der Waals surface area contributed by atoms with Gasteiger partial charge in [-0.1, -0.05) is 47.5 Å². The Morgan fingerprint density at radius 2 is 1.61 bits per heavy atom. The highest BCUT2D eigenvalue weighted by atomic mass is 35.5. The summed E-state index contributed by atoms with van der Waals surface area (Å²) in [5.41, 5.74) is 2.95. The molecule has 1 aromatic heterocycles. The molecular formula is C22H22Cl2N2O2. The number of carbonyl (C=O) groups is 1. The predicted octanol–water partition coefficient (Wildman–Crippen LogP) is 5.79. The van der Waals surface area contributed by atoms with E-state index in [9.17, 15) is 4.79 Å². The topological polar surface area (TPSA) is 44.1 Å². The van der Waals surface area contributed by atoms with Gasteiger partial charge >= 0.3 is 0 Å². The van der Waals surface area contributed by atoms with Gasteiger partial charge in [0, 0.05) is 10.0 Å². The molecular weight excluding hydrogens is 395 g/mol. The van der Waals surface area contributed by atoms with Crippen molar-refractivity contribution < 1.29 is 9.53 Å². The number of aromatic nitrogens is 2. The normalized spacial score (nSPS) is 11.6. The van der Waals surface area contributed by atoms with Crippen LogP contribution in [0.25, 0.3) is 11.3 Å². The van der Waals surface area contributed by atoms with Gasteiger partial charge in [0.2, 0.25) is 0 Å².